The third-order valence-corrected chi connectivity index (χ3v) is 3.36. The van der Waals surface area contributed by atoms with Crippen LogP contribution in [0.5, 0.6) is 0 Å². The van der Waals surface area contributed by atoms with E-state index in [1.54, 1.807) is 0 Å². The van der Waals surface area contributed by atoms with Gasteiger partial charge < -0.3 is 9.88 Å². The van der Waals surface area contributed by atoms with E-state index in [-0.39, 0.29) is 0 Å². The van der Waals surface area contributed by atoms with Gasteiger partial charge >= 0.3 is 0 Å². The van der Waals surface area contributed by atoms with E-state index in [1.807, 2.05) is 6.20 Å². The lowest BCUT2D eigenvalue weighted by Gasteiger charge is -2.28. The molecule has 90 valence electrons. The minimum atomic E-state index is 0.631. The average Bonchev–Trinajstić information content (AvgIpc) is 2.76. The topological polar surface area (TPSA) is 33.1 Å². The number of hydrogen-bond acceptors (Lipinski definition) is 3. The summed E-state index contributed by atoms with van der Waals surface area (Å²) in [6, 6.07) is 0.631. The molecule has 0 fully saturated rings. The zero-order chi connectivity index (χ0) is 11.4. The van der Waals surface area contributed by atoms with Crippen LogP contribution >= 0.6 is 0 Å². The van der Waals surface area contributed by atoms with E-state index in [0.717, 1.165) is 32.7 Å². The first kappa shape index (κ1) is 11.6. The summed E-state index contributed by atoms with van der Waals surface area (Å²) < 4.78 is 2.25. The van der Waals surface area contributed by atoms with Crippen LogP contribution in [-0.4, -0.2) is 40.1 Å². The highest BCUT2D eigenvalue weighted by Gasteiger charge is 2.15. The Morgan fingerprint density at radius 1 is 1.50 bits per heavy atom. The molecular formula is C12H22N4. The third-order valence-electron chi connectivity index (χ3n) is 3.36. The molecule has 0 spiro atoms. The SMILES string of the molecule is CCC(C)NCCN1CCn2ccnc2C1. The fourth-order valence-electron chi connectivity index (χ4n) is 2.03. The summed E-state index contributed by atoms with van der Waals surface area (Å²) in [6.45, 7) is 9.88. The van der Waals surface area contributed by atoms with Gasteiger partial charge in [0.15, 0.2) is 0 Å². The van der Waals surface area contributed by atoms with Gasteiger partial charge in [-0.15, -0.1) is 0 Å². The van der Waals surface area contributed by atoms with Crippen molar-refractivity contribution < 1.29 is 0 Å². The lowest BCUT2D eigenvalue weighted by Crippen LogP contribution is -2.39. The molecule has 0 aliphatic carbocycles. The first-order valence-corrected chi connectivity index (χ1v) is 6.25. The predicted molar refractivity (Wildman–Crippen MR) is 65.3 cm³/mol. The molecule has 0 bridgehead atoms. The fraction of sp³-hybridized carbons (Fsp3) is 0.750. The molecule has 0 amide bonds. The van der Waals surface area contributed by atoms with Crippen LogP contribution in [0.4, 0.5) is 0 Å². The summed E-state index contributed by atoms with van der Waals surface area (Å²) in [7, 11) is 0. The van der Waals surface area contributed by atoms with E-state index in [2.05, 4.69) is 39.8 Å². The molecule has 1 aliphatic rings. The molecule has 1 aliphatic heterocycles. The monoisotopic (exact) mass is 222 g/mol. The van der Waals surface area contributed by atoms with Gasteiger partial charge in [0.05, 0.1) is 6.54 Å². The summed E-state index contributed by atoms with van der Waals surface area (Å²) in [4.78, 5) is 6.84. The van der Waals surface area contributed by atoms with Crippen LogP contribution in [-0.2, 0) is 13.1 Å². The maximum absolute atomic E-state index is 4.37. The van der Waals surface area contributed by atoms with Crippen LogP contribution in [0.1, 0.15) is 26.1 Å². The molecule has 2 rings (SSSR count). The highest BCUT2D eigenvalue weighted by Crippen LogP contribution is 2.09. The lowest BCUT2D eigenvalue weighted by atomic mass is 10.2. The van der Waals surface area contributed by atoms with Crippen LogP contribution in [0.15, 0.2) is 12.4 Å². The molecule has 2 heterocycles. The van der Waals surface area contributed by atoms with Gasteiger partial charge in [-0.1, -0.05) is 6.92 Å². The van der Waals surface area contributed by atoms with Crippen LogP contribution in [0.3, 0.4) is 0 Å². The van der Waals surface area contributed by atoms with Gasteiger partial charge in [0.25, 0.3) is 0 Å². The molecule has 1 N–H and O–H groups in total. The molecule has 4 heteroatoms. The summed E-state index contributed by atoms with van der Waals surface area (Å²) in [5.74, 6) is 1.20. The summed E-state index contributed by atoms with van der Waals surface area (Å²) in [6.07, 6.45) is 5.17. The quantitative estimate of drug-likeness (QED) is 0.809. The van der Waals surface area contributed by atoms with Crippen molar-refractivity contribution in [1.82, 2.24) is 19.8 Å². The third kappa shape index (κ3) is 2.83. The number of nitrogens with one attached hydrogen (secondary N) is 1. The van der Waals surface area contributed by atoms with Gasteiger partial charge in [-0.05, 0) is 13.3 Å². The van der Waals surface area contributed by atoms with E-state index < -0.39 is 0 Å². The first-order valence-electron chi connectivity index (χ1n) is 6.25. The second kappa shape index (κ2) is 5.46. The van der Waals surface area contributed by atoms with Crippen LogP contribution < -0.4 is 5.32 Å². The maximum atomic E-state index is 4.37. The van der Waals surface area contributed by atoms with Gasteiger partial charge in [0.2, 0.25) is 0 Å². The summed E-state index contributed by atoms with van der Waals surface area (Å²) in [5.41, 5.74) is 0. The Hall–Kier alpha value is -0.870. The van der Waals surface area contributed by atoms with Crippen molar-refractivity contribution >= 4 is 0 Å². The van der Waals surface area contributed by atoms with E-state index >= 15 is 0 Å². The summed E-state index contributed by atoms with van der Waals surface area (Å²) >= 11 is 0. The van der Waals surface area contributed by atoms with Crippen molar-refractivity contribution in [3.05, 3.63) is 18.2 Å². The van der Waals surface area contributed by atoms with Gasteiger partial charge in [-0.2, -0.15) is 0 Å². The Morgan fingerprint density at radius 2 is 2.38 bits per heavy atom. The number of aromatic nitrogens is 2. The fourth-order valence-corrected chi connectivity index (χ4v) is 2.03. The number of nitrogens with zero attached hydrogens (tertiary/aromatic N) is 3. The molecule has 0 radical (unpaired) electrons. The molecule has 1 unspecified atom stereocenters. The number of imidazole rings is 1. The molecule has 1 atom stereocenters. The van der Waals surface area contributed by atoms with Gasteiger partial charge in [-0.3, -0.25) is 4.90 Å². The highest BCUT2D eigenvalue weighted by molar-refractivity contribution is 4.95. The minimum Gasteiger partial charge on any atom is -0.333 e. The predicted octanol–water partition coefficient (Wildman–Crippen LogP) is 1.09. The largest absolute Gasteiger partial charge is 0.333 e. The smallest absolute Gasteiger partial charge is 0.122 e. The minimum absolute atomic E-state index is 0.631. The molecule has 0 aromatic carbocycles. The lowest BCUT2D eigenvalue weighted by molar-refractivity contribution is 0.215. The van der Waals surface area contributed by atoms with Gasteiger partial charge in [0.1, 0.15) is 5.82 Å². The van der Waals surface area contributed by atoms with Crippen molar-refractivity contribution in [3.63, 3.8) is 0 Å². The Bertz CT molecular complexity index is 321. The number of hydrogen-bond donors (Lipinski definition) is 1. The number of rotatable bonds is 5. The molecule has 0 saturated heterocycles. The zero-order valence-corrected chi connectivity index (χ0v) is 10.3. The van der Waals surface area contributed by atoms with E-state index in [1.165, 1.54) is 12.2 Å². The van der Waals surface area contributed by atoms with Crippen molar-refractivity contribution in [2.24, 2.45) is 0 Å². The van der Waals surface area contributed by atoms with Crippen LogP contribution in [0.2, 0.25) is 0 Å². The normalized spacial score (nSPS) is 18.4. The Labute approximate surface area is 97.7 Å². The van der Waals surface area contributed by atoms with Crippen molar-refractivity contribution in [1.29, 1.82) is 0 Å². The second-order valence-corrected chi connectivity index (χ2v) is 4.58. The molecule has 0 saturated carbocycles. The van der Waals surface area contributed by atoms with E-state index in [4.69, 9.17) is 0 Å². The molecule has 4 nitrogen and oxygen atoms in total. The molecule has 16 heavy (non-hydrogen) atoms. The Kier molecular flexibility index (Phi) is 3.96. The maximum Gasteiger partial charge on any atom is 0.122 e. The average molecular weight is 222 g/mol. The second-order valence-electron chi connectivity index (χ2n) is 4.58. The molecular weight excluding hydrogens is 200 g/mol. The van der Waals surface area contributed by atoms with Crippen molar-refractivity contribution in [2.45, 2.75) is 39.4 Å². The van der Waals surface area contributed by atoms with Gasteiger partial charge in [0, 0.05) is 44.6 Å². The summed E-state index contributed by atoms with van der Waals surface area (Å²) in [5, 5.41) is 3.53. The number of fused-ring (bicyclic) bond motifs is 1. The van der Waals surface area contributed by atoms with Crippen LogP contribution in [0.25, 0.3) is 0 Å². The highest BCUT2D eigenvalue weighted by atomic mass is 15.2. The van der Waals surface area contributed by atoms with E-state index in [0.29, 0.717) is 6.04 Å². The van der Waals surface area contributed by atoms with Gasteiger partial charge in [-0.25, -0.2) is 4.98 Å². The zero-order valence-electron chi connectivity index (χ0n) is 10.3. The van der Waals surface area contributed by atoms with E-state index in [9.17, 15) is 0 Å². The van der Waals surface area contributed by atoms with Crippen LogP contribution in [0, 0.1) is 0 Å². The Balaban J connectivity index is 1.73. The molecule has 1 aromatic heterocycles. The molecule has 1 aromatic rings. The first-order chi connectivity index (χ1) is 7.79. The Morgan fingerprint density at radius 3 is 3.19 bits per heavy atom. The van der Waals surface area contributed by atoms with Crippen molar-refractivity contribution in [3.8, 4) is 0 Å². The standard InChI is InChI=1S/C12H22N4/c1-3-11(2)13-4-6-15-8-9-16-7-5-14-12(16)10-15/h5,7,11,13H,3-4,6,8-10H2,1-2H3. The van der Waals surface area contributed by atoms with Crippen molar-refractivity contribution in [2.75, 3.05) is 19.6 Å².